The lowest BCUT2D eigenvalue weighted by molar-refractivity contribution is -0.110. The Kier molecular flexibility index (Phi) is 5.38. The fourth-order valence-corrected chi connectivity index (χ4v) is 2.80. The minimum absolute atomic E-state index is 0.270. The molecule has 0 fully saturated rings. The lowest BCUT2D eigenvalue weighted by atomic mass is 10.1. The van der Waals surface area contributed by atoms with E-state index >= 15 is 0 Å². The molecule has 1 aliphatic heterocycles. The van der Waals surface area contributed by atoms with Crippen molar-refractivity contribution in [3.63, 3.8) is 0 Å². The van der Waals surface area contributed by atoms with Gasteiger partial charge in [-0.05, 0) is 55.3 Å². The number of benzene rings is 2. The number of nitrogens with zero attached hydrogens (tertiary/aromatic N) is 1. The van der Waals surface area contributed by atoms with Gasteiger partial charge in [0.05, 0.1) is 23.5 Å². The number of nitrogens with one attached hydrogen (secondary N) is 1. The van der Waals surface area contributed by atoms with Gasteiger partial charge in [-0.3, -0.25) is 4.79 Å². The summed E-state index contributed by atoms with van der Waals surface area (Å²) in [7, 11) is 0. The average molecular weight is 371 g/mol. The van der Waals surface area contributed by atoms with Crippen molar-refractivity contribution in [1.82, 2.24) is 0 Å². The summed E-state index contributed by atoms with van der Waals surface area (Å²) in [6.45, 7) is 4.30. The lowest BCUT2D eigenvalue weighted by Gasteiger charge is -2.05. The number of anilines is 1. The first-order chi connectivity index (χ1) is 12.5. The van der Waals surface area contributed by atoms with Crippen molar-refractivity contribution < 1.29 is 14.3 Å². The molecule has 6 heteroatoms. The van der Waals surface area contributed by atoms with Crippen molar-refractivity contribution in [3.05, 3.63) is 58.1 Å². The highest BCUT2D eigenvalue weighted by atomic mass is 35.5. The van der Waals surface area contributed by atoms with Gasteiger partial charge in [0.25, 0.3) is 5.91 Å². The van der Waals surface area contributed by atoms with Crippen LogP contribution in [0.4, 0.5) is 11.4 Å². The minimum Gasteiger partial charge on any atom is -0.462 e. The predicted molar refractivity (Wildman–Crippen MR) is 103 cm³/mol. The standard InChI is InChI=1S/C20H19ClN2O3/c1-3-4-11-26-20(25)13-5-7-14(8-6-13)22-18-15-9-10-16(21)12(2)17(15)23-19(18)24/h5-10H,3-4,11H2,1-2H3,(H,22,23,24). The summed E-state index contributed by atoms with van der Waals surface area (Å²) in [4.78, 5) is 28.6. The first kappa shape index (κ1) is 18.1. The van der Waals surface area contributed by atoms with E-state index in [1.165, 1.54) is 0 Å². The van der Waals surface area contributed by atoms with Crippen LogP contribution < -0.4 is 5.32 Å². The second-order valence-electron chi connectivity index (χ2n) is 6.05. The van der Waals surface area contributed by atoms with Gasteiger partial charge < -0.3 is 10.1 Å². The monoisotopic (exact) mass is 370 g/mol. The number of amides is 1. The molecule has 0 unspecified atom stereocenters. The molecule has 1 N–H and O–H groups in total. The van der Waals surface area contributed by atoms with E-state index in [1.54, 1.807) is 36.4 Å². The average Bonchev–Trinajstić information content (AvgIpc) is 2.95. The van der Waals surface area contributed by atoms with Crippen molar-refractivity contribution in [2.45, 2.75) is 26.7 Å². The van der Waals surface area contributed by atoms with E-state index in [9.17, 15) is 9.59 Å². The second kappa shape index (κ2) is 7.70. The summed E-state index contributed by atoms with van der Waals surface area (Å²) in [5.74, 6) is -0.625. The first-order valence-electron chi connectivity index (χ1n) is 8.48. The molecule has 0 radical (unpaired) electrons. The number of unbranched alkanes of at least 4 members (excludes halogenated alkanes) is 1. The molecule has 134 valence electrons. The van der Waals surface area contributed by atoms with Crippen molar-refractivity contribution in [2.75, 3.05) is 11.9 Å². The molecule has 0 saturated heterocycles. The van der Waals surface area contributed by atoms with Gasteiger partial charge in [0, 0.05) is 10.6 Å². The normalized spacial score (nSPS) is 14.3. The van der Waals surface area contributed by atoms with E-state index in [4.69, 9.17) is 16.3 Å². The highest BCUT2D eigenvalue weighted by Gasteiger charge is 2.28. The quantitative estimate of drug-likeness (QED) is 0.613. The zero-order valence-electron chi connectivity index (χ0n) is 14.6. The van der Waals surface area contributed by atoms with Crippen LogP contribution in [0.1, 0.15) is 41.3 Å². The summed E-state index contributed by atoms with van der Waals surface area (Å²) >= 11 is 6.11. The fraction of sp³-hybridized carbons (Fsp3) is 0.250. The van der Waals surface area contributed by atoms with Crippen molar-refractivity contribution >= 4 is 40.6 Å². The maximum Gasteiger partial charge on any atom is 0.338 e. The highest BCUT2D eigenvalue weighted by Crippen LogP contribution is 2.33. The Morgan fingerprint density at radius 3 is 2.62 bits per heavy atom. The summed E-state index contributed by atoms with van der Waals surface area (Å²) in [5.41, 5.74) is 3.60. The summed E-state index contributed by atoms with van der Waals surface area (Å²) in [6.07, 6.45) is 1.81. The molecule has 2 aromatic carbocycles. The molecular formula is C20H19ClN2O3. The molecule has 1 aliphatic rings. The fourth-order valence-electron chi connectivity index (χ4n) is 2.64. The topological polar surface area (TPSA) is 67.8 Å². The number of carbonyl (C=O) groups excluding carboxylic acids is 2. The van der Waals surface area contributed by atoms with Crippen LogP contribution in [0.15, 0.2) is 41.4 Å². The van der Waals surface area contributed by atoms with Gasteiger partial charge >= 0.3 is 5.97 Å². The molecule has 3 rings (SSSR count). The molecule has 1 heterocycles. The van der Waals surface area contributed by atoms with Crippen LogP contribution in [0.5, 0.6) is 0 Å². The van der Waals surface area contributed by atoms with Crippen LogP contribution in [-0.2, 0) is 9.53 Å². The number of esters is 1. The zero-order chi connectivity index (χ0) is 18.7. The first-order valence-corrected chi connectivity index (χ1v) is 8.85. The largest absolute Gasteiger partial charge is 0.462 e. The molecule has 1 amide bonds. The van der Waals surface area contributed by atoms with Gasteiger partial charge in [-0.1, -0.05) is 24.9 Å². The van der Waals surface area contributed by atoms with Crippen molar-refractivity contribution in [1.29, 1.82) is 0 Å². The Morgan fingerprint density at radius 1 is 1.19 bits per heavy atom. The Labute approximate surface area is 157 Å². The van der Waals surface area contributed by atoms with Gasteiger partial charge in [0.2, 0.25) is 0 Å². The van der Waals surface area contributed by atoms with Gasteiger partial charge in [-0.15, -0.1) is 0 Å². The molecule has 5 nitrogen and oxygen atoms in total. The van der Waals surface area contributed by atoms with Crippen molar-refractivity contribution in [3.8, 4) is 0 Å². The van der Waals surface area contributed by atoms with E-state index in [0.717, 1.165) is 24.0 Å². The highest BCUT2D eigenvalue weighted by molar-refractivity contribution is 6.54. The Hall–Kier alpha value is -2.66. The minimum atomic E-state index is -0.355. The van der Waals surface area contributed by atoms with Crippen LogP contribution in [0.2, 0.25) is 5.02 Å². The molecule has 0 aliphatic carbocycles. The predicted octanol–water partition coefficient (Wildman–Crippen LogP) is 4.68. The summed E-state index contributed by atoms with van der Waals surface area (Å²) in [6, 6.07) is 10.2. The summed E-state index contributed by atoms with van der Waals surface area (Å²) in [5, 5.41) is 3.40. The Morgan fingerprint density at radius 2 is 1.92 bits per heavy atom. The number of fused-ring (bicyclic) bond motifs is 1. The van der Waals surface area contributed by atoms with Crippen molar-refractivity contribution in [2.24, 2.45) is 4.99 Å². The van der Waals surface area contributed by atoms with E-state index in [-0.39, 0.29) is 11.9 Å². The number of hydrogen-bond donors (Lipinski definition) is 1. The van der Waals surface area contributed by atoms with Crippen LogP contribution in [0, 0.1) is 6.92 Å². The molecule has 0 bridgehead atoms. The Bertz CT molecular complexity index is 889. The van der Waals surface area contributed by atoms with Gasteiger partial charge in [-0.2, -0.15) is 0 Å². The van der Waals surface area contributed by atoms with Crippen LogP contribution in [0.25, 0.3) is 0 Å². The molecule has 0 spiro atoms. The van der Waals surface area contributed by atoms with E-state index in [0.29, 0.717) is 34.3 Å². The molecule has 2 aromatic rings. The third-order valence-corrected chi connectivity index (χ3v) is 4.59. The van der Waals surface area contributed by atoms with Gasteiger partial charge in [0.1, 0.15) is 5.71 Å². The third-order valence-electron chi connectivity index (χ3n) is 4.18. The number of hydrogen-bond acceptors (Lipinski definition) is 4. The number of aliphatic imine (C=N–C) groups is 1. The number of ether oxygens (including phenoxy) is 1. The SMILES string of the molecule is CCCCOC(=O)c1ccc(N=C2C(=O)Nc3c2ccc(Cl)c3C)cc1. The molecule has 26 heavy (non-hydrogen) atoms. The van der Waals surface area contributed by atoms with E-state index in [1.807, 2.05) is 13.8 Å². The second-order valence-corrected chi connectivity index (χ2v) is 6.45. The maximum atomic E-state index is 12.3. The van der Waals surface area contributed by atoms with Gasteiger partial charge in [-0.25, -0.2) is 9.79 Å². The maximum absolute atomic E-state index is 12.3. The molecule has 0 saturated carbocycles. The lowest BCUT2D eigenvalue weighted by Crippen LogP contribution is -2.14. The smallest absolute Gasteiger partial charge is 0.338 e. The van der Waals surface area contributed by atoms with Gasteiger partial charge in [0.15, 0.2) is 0 Å². The summed E-state index contributed by atoms with van der Waals surface area (Å²) < 4.78 is 5.18. The van der Waals surface area contributed by atoms with Crippen LogP contribution >= 0.6 is 11.6 Å². The number of halogens is 1. The van der Waals surface area contributed by atoms with E-state index in [2.05, 4.69) is 10.3 Å². The Balaban J connectivity index is 1.82. The molecule has 0 aromatic heterocycles. The van der Waals surface area contributed by atoms with Crippen LogP contribution in [-0.4, -0.2) is 24.2 Å². The number of rotatable bonds is 5. The molecular weight excluding hydrogens is 352 g/mol. The van der Waals surface area contributed by atoms with E-state index < -0.39 is 0 Å². The number of carbonyl (C=O) groups is 2. The third kappa shape index (κ3) is 3.63. The van der Waals surface area contributed by atoms with Crippen LogP contribution in [0.3, 0.4) is 0 Å². The zero-order valence-corrected chi connectivity index (χ0v) is 15.4. The molecule has 0 atom stereocenters.